The molecule has 12 heteroatoms. The molecular weight excluding hydrogens is 579 g/mol. The second kappa shape index (κ2) is 11.3. The lowest BCUT2D eigenvalue weighted by atomic mass is 9.87. The van der Waals surface area contributed by atoms with Gasteiger partial charge >= 0.3 is 6.18 Å². The van der Waals surface area contributed by atoms with Crippen LogP contribution in [0.3, 0.4) is 0 Å². The third-order valence-electron chi connectivity index (χ3n) is 7.26. The number of carbonyl (C=O) groups excluding carboxylic acids is 1. The monoisotopic (exact) mass is 615 g/mol. The molecule has 230 valence electrons. The van der Waals surface area contributed by atoms with Crippen molar-refractivity contribution in [1.29, 1.82) is 0 Å². The number of hydrogen-bond donors (Lipinski definition) is 2. The molecule has 3 aromatic rings. The van der Waals surface area contributed by atoms with Gasteiger partial charge in [-0.05, 0) is 67.6 Å². The summed E-state index contributed by atoms with van der Waals surface area (Å²) in [5.41, 5.74) is 5.73. The molecule has 0 spiro atoms. The van der Waals surface area contributed by atoms with Crippen molar-refractivity contribution in [3.05, 3.63) is 76.5 Å². The number of nitrogens with zero attached hydrogens (tertiary/aromatic N) is 3. The number of carbonyl (C=O) groups is 1. The van der Waals surface area contributed by atoms with Crippen molar-refractivity contribution >= 4 is 39.7 Å². The van der Waals surface area contributed by atoms with Crippen LogP contribution in [0.5, 0.6) is 0 Å². The molecular formula is C31H36F3N5O3S. The van der Waals surface area contributed by atoms with Crippen LogP contribution < -0.4 is 15.4 Å². The van der Waals surface area contributed by atoms with Crippen LogP contribution in [0.25, 0.3) is 12.2 Å². The van der Waals surface area contributed by atoms with Crippen molar-refractivity contribution in [2.75, 3.05) is 17.2 Å². The Balaban J connectivity index is 1.85. The number of halogens is 3. The lowest BCUT2D eigenvalue weighted by molar-refractivity contribution is -0.137. The molecule has 1 atom stereocenters. The number of sulfonamides is 1. The van der Waals surface area contributed by atoms with Gasteiger partial charge in [0.15, 0.2) is 5.03 Å². The van der Waals surface area contributed by atoms with E-state index in [1.165, 1.54) is 30.3 Å². The zero-order chi connectivity index (χ0) is 32.0. The third-order valence-corrected chi connectivity index (χ3v) is 8.49. The van der Waals surface area contributed by atoms with Gasteiger partial charge < -0.3 is 10.6 Å². The average Bonchev–Trinajstić information content (AvgIpc) is 3.17. The van der Waals surface area contributed by atoms with Crippen LogP contribution >= 0.6 is 0 Å². The van der Waals surface area contributed by atoms with Crippen molar-refractivity contribution in [3.63, 3.8) is 0 Å². The summed E-state index contributed by atoms with van der Waals surface area (Å²) in [7, 11) is -4.38. The minimum absolute atomic E-state index is 0.0179. The molecule has 0 aliphatic carbocycles. The summed E-state index contributed by atoms with van der Waals surface area (Å²) < 4.78 is 67.5. The highest BCUT2D eigenvalue weighted by atomic mass is 32.2. The number of benzene rings is 1. The van der Waals surface area contributed by atoms with E-state index in [4.69, 9.17) is 10.7 Å². The summed E-state index contributed by atoms with van der Waals surface area (Å²) in [4.78, 5) is 24.6. The molecule has 1 aliphatic rings. The molecule has 3 heterocycles. The maximum atomic E-state index is 13.8. The first-order chi connectivity index (χ1) is 19.8. The second-order valence-electron chi connectivity index (χ2n) is 12.6. The number of amides is 1. The molecule has 8 nitrogen and oxygen atoms in total. The van der Waals surface area contributed by atoms with Gasteiger partial charge in [-0.3, -0.25) is 4.79 Å². The highest BCUT2D eigenvalue weighted by Gasteiger charge is 2.40. The van der Waals surface area contributed by atoms with E-state index in [9.17, 15) is 26.4 Å². The smallest absolute Gasteiger partial charge is 0.384 e. The van der Waals surface area contributed by atoms with Crippen molar-refractivity contribution in [1.82, 2.24) is 14.7 Å². The Hall–Kier alpha value is -3.93. The molecule has 1 amide bonds. The number of nitrogen functional groups attached to an aromatic ring is 1. The molecule has 1 aromatic carbocycles. The Morgan fingerprint density at radius 1 is 1.07 bits per heavy atom. The summed E-state index contributed by atoms with van der Waals surface area (Å²) in [6.07, 6.45) is -0.320. The van der Waals surface area contributed by atoms with E-state index in [1.54, 1.807) is 18.2 Å². The van der Waals surface area contributed by atoms with E-state index >= 15 is 0 Å². The number of aromatic nitrogens is 2. The standard InChI is InChI=1S/C31H36F3N5O3S/c1-19-17-30(5,6)39(18-19)27-23(28(40)38-43(41,42)25-9-7-8-24(35)36-25)16-21(26(37-27)29(2,3)4)13-10-20-11-14-22(15-12-20)31(32,33)34/h7-16,19H,17-18H2,1-6H3,(H2,35,36)(H,38,40)/b13-10+/t19-/m0/s1. The van der Waals surface area contributed by atoms with Gasteiger partial charge in [-0.15, -0.1) is 0 Å². The molecule has 3 N–H and O–H groups in total. The minimum Gasteiger partial charge on any atom is -0.384 e. The van der Waals surface area contributed by atoms with Crippen molar-refractivity contribution in [2.24, 2.45) is 5.92 Å². The van der Waals surface area contributed by atoms with Crippen molar-refractivity contribution in [2.45, 2.75) is 70.1 Å². The van der Waals surface area contributed by atoms with E-state index in [-0.39, 0.29) is 16.9 Å². The van der Waals surface area contributed by atoms with Crippen molar-refractivity contribution < 1.29 is 26.4 Å². The zero-order valence-corrected chi connectivity index (χ0v) is 25.8. The van der Waals surface area contributed by atoms with Gasteiger partial charge in [-0.2, -0.15) is 21.6 Å². The van der Waals surface area contributed by atoms with Gasteiger partial charge in [0.25, 0.3) is 15.9 Å². The SMILES string of the molecule is C[C@@H]1CN(c2nc(C(C)(C)C)c(/C=C/c3ccc(C(F)(F)F)cc3)cc2C(=O)NS(=O)(=O)c2cccc(N)n2)C(C)(C)C1. The quantitative estimate of drug-likeness (QED) is 0.335. The first-order valence-corrected chi connectivity index (χ1v) is 15.2. The van der Waals surface area contributed by atoms with E-state index in [0.717, 1.165) is 18.6 Å². The lowest BCUT2D eigenvalue weighted by Crippen LogP contribution is -2.41. The first-order valence-electron chi connectivity index (χ1n) is 13.8. The van der Waals surface area contributed by atoms with E-state index < -0.39 is 38.1 Å². The maximum absolute atomic E-state index is 13.8. The number of nitrogens with two attached hydrogens (primary N) is 1. The Labute approximate surface area is 250 Å². The fourth-order valence-electron chi connectivity index (χ4n) is 5.36. The van der Waals surface area contributed by atoms with Gasteiger partial charge in [0.2, 0.25) is 0 Å². The maximum Gasteiger partial charge on any atom is 0.416 e. The predicted molar refractivity (Wildman–Crippen MR) is 162 cm³/mol. The van der Waals surface area contributed by atoms with Crippen LogP contribution in [-0.2, 0) is 21.6 Å². The van der Waals surface area contributed by atoms with E-state index in [2.05, 4.69) is 16.6 Å². The second-order valence-corrected chi connectivity index (χ2v) is 14.2. The molecule has 43 heavy (non-hydrogen) atoms. The van der Waals surface area contributed by atoms with Crippen LogP contribution in [0.1, 0.15) is 80.7 Å². The Bertz CT molecular complexity index is 1660. The van der Waals surface area contributed by atoms with Crippen LogP contribution in [0.15, 0.2) is 53.6 Å². The Morgan fingerprint density at radius 3 is 2.26 bits per heavy atom. The molecule has 1 aliphatic heterocycles. The zero-order valence-electron chi connectivity index (χ0n) is 25.0. The molecule has 0 unspecified atom stereocenters. The fourth-order valence-corrected chi connectivity index (χ4v) is 6.30. The van der Waals surface area contributed by atoms with Gasteiger partial charge in [-0.25, -0.2) is 14.7 Å². The summed E-state index contributed by atoms with van der Waals surface area (Å²) in [5.74, 6) is -0.271. The summed E-state index contributed by atoms with van der Waals surface area (Å²) in [6.45, 7) is 12.7. The Morgan fingerprint density at radius 2 is 1.72 bits per heavy atom. The number of alkyl halides is 3. The fraction of sp³-hybridized carbons (Fsp3) is 0.387. The molecule has 1 fully saturated rings. The summed E-state index contributed by atoms with van der Waals surface area (Å²) in [6, 6.07) is 10.4. The largest absolute Gasteiger partial charge is 0.416 e. The lowest BCUT2D eigenvalue weighted by Gasteiger charge is -2.35. The number of rotatable bonds is 6. The van der Waals surface area contributed by atoms with Gasteiger partial charge in [0.05, 0.1) is 16.8 Å². The van der Waals surface area contributed by atoms with Crippen LogP contribution in [0.4, 0.5) is 24.8 Å². The van der Waals surface area contributed by atoms with Crippen molar-refractivity contribution in [3.8, 4) is 0 Å². The number of pyridine rings is 2. The van der Waals surface area contributed by atoms with Crippen LogP contribution in [0.2, 0.25) is 0 Å². The van der Waals surface area contributed by atoms with Gasteiger partial charge in [-0.1, -0.05) is 58.0 Å². The highest BCUT2D eigenvalue weighted by Crippen LogP contribution is 2.40. The summed E-state index contributed by atoms with van der Waals surface area (Å²) in [5, 5.41) is -0.404. The molecule has 0 saturated carbocycles. The molecule has 0 radical (unpaired) electrons. The molecule has 2 aromatic heterocycles. The van der Waals surface area contributed by atoms with E-state index in [1.807, 2.05) is 39.5 Å². The normalized spacial score (nSPS) is 17.4. The average molecular weight is 616 g/mol. The highest BCUT2D eigenvalue weighted by molar-refractivity contribution is 7.90. The van der Waals surface area contributed by atoms with Crippen LogP contribution in [0, 0.1) is 5.92 Å². The van der Waals surface area contributed by atoms with E-state index in [0.29, 0.717) is 35.1 Å². The topological polar surface area (TPSA) is 118 Å². The van der Waals surface area contributed by atoms with Gasteiger partial charge in [0.1, 0.15) is 11.6 Å². The number of nitrogens with one attached hydrogen (secondary N) is 1. The molecule has 1 saturated heterocycles. The third kappa shape index (κ3) is 7.18. The Kier molecular flexibility index (Phi) is 8.40. The van der Waals surface area contributed by atoms with Gasteiger partial charge in [0, 0.05) is 17.5 Å². The number of hydrogen-bond acceptors (Lipinski definition) is 7. The predicted octanol–water partition coefficient (Wildman–Crippen LogP) is 6.29. The van der Waals surface area contributed by atoms with Crippen LogP contribution in [-0.4, -0.2) is 36.4 Å². The first kappa shape index (κ1) is 32.0. The molecule has 4 rings (SSSR count). The minimum atomic E-state index is -4.45. The number of anilines is 2. The molecule has 0 bridgehead atoms. The summed E-state index contributed by atoms with van der Waals surface area (Å²) >= 11 is 0.